The quantitative estimate of drug-likeness (QED) is 0.863. The minimum absolute atomic E-state index is 0.0134. The second kappa shape index (κ2) is 5.68. The summed E-state index contributed by atoms with van der Waals surface area (Å²) in [6, 6.07) is 10.1. The van der Waals surface area contributed by atoms with E-state index in [0.717, 1.165) is 24.0 Å². The van der Waals surface area contributed by atoms with Crippen molar-refractivity contribution in [1.29, 1.82) is 0 Å². The van der Waals surface area contributed by atoms with Gasteiger partial charge < -0.3 is 4.90 Å². The Kier molecular flexibility index (Phi) is 3.74. The van der Waals surface area contributed by atoms with E-state index in [4.69, 9.17) is 0 Å². The molecule has 1 aliphatic carbocycles. The largest absolute Gasteiger partial charge is 0.335 e. The lowest BCUT2D eigenvalue weighted by Gasteiger charge is -2.25. The molecule has 3 heteroatoms. The van der Waals surface area contributed by atoms with Crippen LogP contribution in [-0.4, -0.2) is 22.8 Å². The molecule has 0 fully saturated rings. The fraction of sp³-hybridized carbons (Fsp3) is 0.333. The highest BCUT2D eigenvalue weighted by molar-refractivity contribution is 5.94. The fourth-order valence-corrected chi connectivity index (χ4v) is 2.93. The molecule has 1 amide bonds. The van der Waals surface area contributed by atoms with Crippen molar-refractivity contribution in [3.8, 4) is 0 Å². The van der Waals surface area contributed by atoms with Crippen molar-refractivity contribution < 1.29 is 4.79 Å². The van der Waals surface area contributed by atoms with Gasteiger partial charge in [0.25, 0.3) is 5.91 Å². The van der Waals surface area contributed by atoms with Crippen LogP contribution < -0.4 is 0 Å². The Labute approximate surface area is 125 Å². The molecule has 0 bridgehead atoms. The molecule has 3 rings (SSSR count). The molecular weight excluding hydrogens is 260 g/mol. The molecule has 0 aliphatic heterocycles. The van der Waals surface area contributed by atoms with Crippen molar-refractivity contribution in [2.24, 2.45) is 0 Å². The minimum Gasteiger partial charge on any atom is -0.335 e. The van der Waals surface area contributed by atoms with Crippen LogP contribution in [0.1, 0.15) is 46.4 Å². The molecule has 3 nitrogen and oxygen atoms in total. The number of carbonyl (C=O) groups excluding carboxylic acids is 1. The predicted molar refractivity (Wildman–Crippen MR) is 83.2 cm³/mol. The summed E-state index contributed by atoms with van der Waals surface area (Å²) in [5.74, 6) is 0.0704. The molecule has 1 aromatic carbocycles. The molecular formula is C18H20N2O. The number of fused-ring (bicyclic) bond motifs is 1. The maximum absolute atomic E-state index is 12.7. The zero-order valence-corrected chi connectivity index (χ0v) is 12.5. The van der Waals surface area contributed by atoms with Crippen LogP contribution in [0.2, 0.25) is 0 Å². The number of hydrogen-bond donors (Lipinski definition) is 0. The summed E-state index contributed by atoms with van der Waals surface area (Å²) in [6.45, 7) is 2.03. The summed E-state index contributed by atoms with van der Waals surface area (Å²) in [6.07, 6.45) is 7.01. The third kappa shape index (κ3) is 2.68. The van der Waals surface area contributed by atoms with E-state index in [9.17, 15) is 4.79 Å². The maximum Gasteiger partial charge on any atom is 0.254 e. The molecule has 108 valence electrons. The average molecular weight is 280 g/mol. The van der Waals surface area contributed by atoms with Crippen LogP contribution in [0.15, 0.2) is 42.7 Å². The van der Waals surface area contributed by atoms with Gasteiger partial charge in [0.05, 0.1) is 6.04 Å². The van der Waals surface area contributed by atoms with E-state index in [1.807, 2.05) is 38.4 Å². The number of amides is 1. The van der Waals surface area contributed by atoms with E-state index in [2.05, 4.69) is 17.1 Å². The number of pyridine rings is 1. The zero-order chi connectivity index (χ0) is 14.8. The number of hydrogen-bond acceptors (Lipinski definition) is 2. The lowest BCUT2D eigenvalue weighted by Crippen LogP contribution is -2.29. The molecule has 0 N–H and O–H groups in total. The first kappa shape index (κ1) is 13.8. The normalized spacial score (nSPS) is 14.6. The summed E-state index contributed by atoms with van der Waals surface area (Å²) in [7, 11) is 1.85. The lowest BCUT2D eigenvalue weighted by molar-refractivity contribution is 0.0742. The summed E-state index contributed by atoms with van der Waals surface area (Å²) in [5, 5.41) is 0. The molecule has 1 heterocycles. The first-order valence-corrected chi connectivity index (χ1v) is 7.45. The highest BCUT2D eigenvalue weighted by Crippen LogP contribution is 2.25. The van der Waals surface area contributed by atoms with Crippen LogP contribution >= 0.6 is 0 Å². The van der Waals surface area contributed by atoms with Gasteiger partial charge in [0.2, 0.25) is 0 Å². The molecule has 2 aromatic rings. The van der Waals surface area contributed by atoms with E-state index in [1.54, 1.807) is 11.1 Å². The van der Waals surface area contributed by atoms with Crippen molar-refractivity contribution >= 4 is 5.91 Å². The van der Waals surface area contributed by atoms with Crippen molar-refractivity contribution in [1.82, 2.24) is 9.88 Å². The van der Waals surface area contributed by atoms with Gasteiger partial charge in [0.15, 0.2) is 0 Å². The standard InChI is InChI=1S/C18H20N2O/c1-13(17-7-4-10-19-12-17)20(2)18(21)16-9-8-14-5-3-6-15(14)11-16/h4,7-13H,3,5-6H2,1-2H3. The first-order valence-electron chi connectivity index (χ1n) is 7.45. The van der Waals surface area contributed by atoms with Gasteiger partial charge in [-0.1, -0.05) is 12.1 Å². The minimum atomic E-state index is 0.0134. The van der Waals surface area contributed by atoms with Gasteiger partial charge in [0.1, 0.15) is 0 Å². The molecule has 0 saturated heterocycles. The second-order valence-electron chi connectivity index (χ2n) is 5.72. The molecule has 21 heavy (non-hydrogen) atoms. The Morgan fingerprint density at radius 2 is 2.05 bits per heavy atom. The number of carbonyl (C=O) groups is 1. The van der Waals surface area contributed by atoms with E-state index < -0.39 is 0 Å². The third-order valence-corrected chi connectivity index (χ3v) is 4.41. The summed E-state index contributed by atoms with van der Waals surface area (Å²) < 4.78 is 0. The van der Waals surface area contributed by atoms with Gasteiger partial charge in [-0.15, -0.1) is 0 Å². The van der Waals surface area contributed by atoms with Gasteiger partial charge in [-0.2, -0.15) is 0 Å². The van der Waals surface area contributed by atoms with Crippen molar-refractivity contribution in [3.63, 3.8) is 0 Å². The van der Waals surface area contributed by atoms with Gasteiger partial charge in [-0.25, -0.2) is 0 Å². The van der Waals surface area contributed by atoms with Crippen LogP contribution in [0, 0.1) is 0 Å². The maximum atomic E-state index is 12.7. The van der Waals surface area contributed by atoms with Crippen molar-refractivity contribution in [2.45, 2.75) is 32.2 Å². The van der Waals surface area contributed by atoms with E-state index in [0.29, 0.717) is 0 Å². The molecule has 0 spiro atoms. The highest BCUT2D eigenvalue weighted by atomic mass is 16.2. The van der Waals surface area contributed by atoms with Crippen LogP contribution in [0.25, 0.3) is 0 Å². The molecule has 0 saturated carbocycles. The molecule has 1 aromatic heterocycles. The second-order valence-corrected chi connectivity index (χ2v) is 5.72. The van der Waals surface area contributed by atoms with Crippen molar-refractivity contribution in [2.75, 3.05) is 7.05 Å². The molecule has 1 aliphatic rings. The Bertz CT molecular complexity index is 652. The van der Waals surface area contributed by atoms with E-state index >= 15 is 0 Å². The zero-order valence-electron chi connectivity index (χ0n) is 12.5. The summed E-state index contributed by atoms with van der Waals surface area (Å²) in [4.78, 5) is 18.6. The van der Waals surface area contributed by atoms with Gasteiger partial charge >= 0.3 is 0 Å². The van der Waals surface area contributed by atoms with Crippen LogP contribution in [0.3, 0.4) is 0 Å². The molecule has 1 unspecified atom stereocenters. The van der Waals surface area contributed by atoms with Crippen molar-refractivity contribution in [3.05, 3.63) is 65.0 Å². The third-order valence-electron chi connectivity index (χ3n) is 4.41. The van der Waals surface area contributed by atoms with E-state index in [-0.39, 0.29) is 11.9 Å². The fourth-order valence-electron chi connectivity index (χ4n) is 2.93. The Morgan fingerprint density at radius 1 is 1.24 bits per heavy atom. The first-order chi connectivity index (χ1) is 10.2. The average Bonchev–Trinajstić information content (AvgIpc) is 3.01. The van der Waals surface area contributed by atoms with Crippen LogP contribution in [0.4, 0.5) is 0 Å². The number of benzene rings is 1. The van der Waals surface area contributed by atoms with Crippen LogP contribution in [-0.2, 0) is 12.8 Å². The Morgan fingerprint density at radius 3 is 2.81 bits per heavy atom. The Balaban J connectivity index is 1.81. The lowest BCUT2D eigenvalue weighted by atomic mass is 10.0. The van der Waals surface area contributed by atoms with Gasteiger partial charge in [-0.05, 0) is 61.1 Å². The number of nitrogens with zero attached hydrogens (tertiary/aromatic N) is 2. The number of aromatic nitrogens is 1. The SMILES string of the molecule is CC(c1cccnc1)N(C)C(=O)c1ccc2c(c1)CCC2. The van der Waals surface area contributed by atoms with Crippen LogP contribution in [0.5, 0.6) is 0 Å². The van der Waals surface area contributed by atoms with Gasteiger partial charge in [0, 0.05) is 25.0 Å². The van der Waals surface area contributed by atoms with Gasteiger partial charge in [-0.3, -0.25) is 9.78 Å². The summed E-state index contributed by atoms with van der Waals surface area (Å²) in [5.41, 5.74) is 4.57. The monoisotopic (exact) mass is 280 g/mol. The Hall–Kier alpha value is -2.16. The predicted octanol–water partition coefficient (Wildman–Crippen LogP) is 3.40. The highest BCUT2D eigenvalue weighted by Gasteiger charge is 2.20. The van der Waals surface area contributed by atoms with E-state index in [1.165, 1.54) is 17.5 Å². The summed E-state index contributed by atoms with van der Waals surface area (Å²) >= 11 is 0. The molecule has 1 atom stereocenters. The smallest absolute Gasteiger partial charge is 0.254 e. The topological polar surface area (TPSA) is 33.2 Å². The number of aryl methyl sites for hydroxylation is 2. The molecule has 0 radical (unpaired) electrons. The number of rotatable bonds is 3.